The lowest BCUT2D eigenvalue weighted by Gasteiger charge is -2.36. The minimum absolute atomic E-state index is 0.258. The number of nitrogens with zero attached hydrogens (tertiary/aromatic N) is 2. The molecule has 1 unspecified atom stereocenters. The SMILES string of the molecule is CC(c1cccc(N(C)C)c1)N(C[C@H]1CNC[C@@H]1Cc1ccccc1)c1ccc(Cl)cc1. The van der Waals surface area contributed by atoms with E-state index in [1.54, 1.807) is 0 Å². The van der Waals surface area contributed by atoms with Crippen LogP contribution in [0.1, 0.15) is 24.1 Å². The van der Waals surface area contributed by atoms with Crippen molar-refractivity contribution in [3.63, 3.8) is 0 Å². The number of nitrogens with one attached hydrogen (secondary N) is 1. The molecule has 0 aromatic heterocycles. The molecule has 0 amide bonds. The number of anilines is 2. The number of hydrogen-bond acceptors (Lipinski definition) is 3. The van der Waals surface area contributed by atoms with Crippen molar-refractivity contribution in [1.29, 1.82) is 0 Å². The molecular formula is C28H34ClN3. The van der Waals surface area contributed by atoms with Crippen LogP contribution >= 0.6 is 11.6 Å². The third kappa shape index (κ3) is 5.46. The van der Waals surface area contributed by atoms with Crippen LogP contribution in [0.25, 0.3) is 0 Å². The summed E-state index contributed by atoms with van der Waals surface area (Å²) < 4.78 is 0. The second-order valence-electron chi connectivity index (χ2n) is 9.16. The Morgan fingerprint density at radius 1 is 0.875 bits per heavy atom. The van der Waals surface area contributed by atoms with Crippen LogP contribution in [0.4, 0.5) is 11.4 Å². The second kappa shape index (κ2) is 10.4. The highest BCUT2D eigenvalue weighted by molar-refractivity contribution is 6.30. The van der Waals surface area contributed by atoms with Crippen LogP contribution in [0.3, 0.4) is 0 Å². The molecule has 0 aliphatic carbocycles. The summed E-state index contributed by atoms with van der Waals surface area (Å²) in [6, 6.07) is 28.3. The summed E-state index contributed by atoms with van der Waals surface area (Å²) in [5.74, 6) is 1.22. The summed E-state index contributed by atoms with van der Waals surface area (Å²) in [6.45, 7) is 5.47. The first-order valence-electron chi connectivity index (χ1n) is 11.6. The van der Waals surface area contributed by atoms with E-state index in [0.29, 0.717) is 11.8 Å². The van der Waals surface area contributed by atoms with Crippen LogP contribution in [0.2, 0.25) is 5.02 Å². The molecule has 1 aliphatic heterocycles. The largest absolute Gasteiger partial charge is 0.378 e. The quantitative estimate of drug-likeness (QED) is 0.453. The summed E-state index contributed by atoms with van der Waals surface area (Å²) >= 11 is 6.22. The number of halogens is 1. The van der Waals surface area contributed by atoms with Gasteiger partial charge in [-0.3, -0.25) is 0 Å². The standard InChI is InChI=1S/C28H34ClN3/c1-21(23-10-7-11-28(17-23)31(2)3)32(27-14-12-26(29)13-15-27)20-25-19-30-18-24(25)16-22-8-5-4-6-9-22/h4-15,17,21,24-25,30H,16,18-20H2,1-3H3/t21?,24-,25+/m0/s1. The first kappa shape index (κ1) is 22.7. The van der Waals surface area contributed by atoms with E-state index in [9.17, 15) is 0 Å². The first-order valence-corrected chi connectivity index (χ1v) is 11.9. The fourth-order valence-corrected chi connectivity index (χ4v) is 4.90. The molecule has 4 rings (SSSR count). The maximum atomic E-state index is 6.22. The predicted octanol–water partition coefficient (Wildman–Crippen LogP) is 6.05. The number of benzene rings is 3. The van der Waals surface area contributed by atoms with Gasteiger partial charge in [0.05, 0.1) is 6.04 Å². The molecular weight excluding hydrogens is 414 g/mol. The van der Waals surface area contributed by atoms with Crippen LogP contribution in [0.15, 0.2) is 78.9 Å². The average molecular weight is 448 g/mol. The highest BCUT2D eigenvalue weighted by atomic mass is 35.5. The Morgan fingerprint density at radius 2 is 1.59 bits per heavy atom. The van der Waals surface area contributed by atoms with Gasteiger partial charge < -0.3 is 15.1 Å². The molecule has 0 bridgehead atoms. The third-order valence-electron chi connectivity index (χ3n) is 6.75. The minimum Gasteiger partial charge on any atom is -0.378 e. The van der Waals surface area contributed by atoms with Crippen LogP contribution in [0.5, 0.6) is 0 Å². The van der Waals surface area contributed by atoms with E-state index in [1.807, 2.05) is 12.1 Å². The maximum absolute atomic E-state index is 6.22. The summed E-state index contributed by atoms with van der Waals surface area (Å²) in [7, 11) is 4.19. The Morgan fingerprint density at radius 3 is 2.31 bits per heavy atom. The van der Waals surface area contributed by atoms with E-state index in [1.165, 1.54) is 22.5 Å². The smallest absolute Gasteiger partial charge is 0.0515 e. The van der Waals surface area contributed by atoms with Gasteiger partial charge >= 0.3 is 0 Å². The Kier molecular flexibility index (Phi) is 7.39. The molecule has 3 atom stereocenters. The van der Waals surface area contributed by atoms with Crippen molar-refractivity contribution in [2.45, 2.75) is 19.4 Å². The summed E-state index contributed by atoms with van der Waals surface area (Å²) in [4.78, 5) is 4.72. The lowest BCUT2D eigenvalue weighted by Crippen LogP contribution is -2.35. The molecule has 0 saturated carbocycles. The van der Waals surface area contributed by atoms with Gasteiger partial charge in [-0.25, -0.2) is 0 Å². The highest BCUT2D eigenvalue weighted by Gasteiger charge is 2.30. The highest BCUT2D eigenvalue weighted by Crippen LogP contribution is 2.33. The van der Waals surface area contributed by atoms with Gasteiger partial charge in [0.1, 0.15) is 0 Å². The molecule has 32 heavy (non-hydrogen) atoms. The van der Waals surface area contributed by atoms with Gasteiger partial charge in [-0.1, -0.05) is 54.1 Å². The molecule has 1 fully saturated rings. The van der Waals surface area contributed by atoms with Gasteiger partial charge in [0.25, 0.3) is 0 Å². The zero-order valence-corrected chi connectivity index (χ0v) is 20.1. The van der Waals surface area contributed by atoms with Crippen molar-refractivity contribution in [1.82, 2.24) is 5.32 Å². The van der Waals surface area contributed by atoms with Crippen LogP contribution in [-0.2, 0) is 6.42 Å². The molecule has 0 spiro atoms. The Balaban J connectivity index is 1.59. The number of hydrogen-bond donors (Lipinski definition) is 1. The molecule has 1 aliphatic rings. The predicted molar refractivity (Wildman–Crippen MR) is 138 cm³/mol. The van der Waals surface area contributed by atoms with Crippen LogP contribution in [-0.4, -0.2) is 33.7 Å². The molecule has 1 saturated heterocycles. The van der Waals surface area contributed by atoms with Crippen molar-refractivity contribution in [2.75, 3.05) is 43.5 Å². The number of rotatable bonds is 8. The normalized spacial score (nSPS) is 19.0. The van der Waals surface area contributed by atoms with E-state index in [4.69, 9.17) is 11.6 Å². The Bertz CT molecular complexity index is 987. The zero-order valence-electron chi connectivity index (χ0n) is 19.3. The maximum Gasteiger partial charge on any atom is 0.0515 e. The Labute approximate surface area is 198 Å². The lowest BCUT2D eigenvalue weighted by atomic mass is 9.88. The monoisotopic (exact) mass is 447 g/mol. The average Bonchev–Trinajstić information content (AvgIpc) is 3.25. The van der Waals surface area contributed by atoms with Crippen LogP contribution in [0, 0.1) is 11.8 Å². The van der Waals surface area contributed by atoms with Crippen LogP contribution < -0.4 is 15.1 Å². The fraction of sp³-hybridized carbons (Fsp3) is 0.357. The van der Waals surface area contributed by atoms with Gasteiger partial charge in [0, 0.05) is 37.0 Å². The van der Waals surface area contributed by atoms with Gasteiger partial charge in [-0.05, 0) is 85.8 Å². The lowest BCUT2D eigenvalue weighted by molar-refractivity contribution is 0.404. The van der Waals surface area contributed by atoms with E-state index in [2.05, 4.69) is 103 Å². The van der Waals surface area contributed by atoms with E-state index >= 15 is 0 Å². The van der Waals surface area contributed by atoms with Gasteiger partial charge in [-0.2, -0.15) is 0 Å². The van der Waals surface area contributed by atoms with Crippen molar-refractivity contribution >= 4 is 23.0 Å². The molecule has 4 heteroatoms. The third-order valence-corrected chi connectivity index (χ3v) is 7.00. The molecule has 168 valence electrons. The van der Waals surface area contributed by atoms with E-state index in [0.717, 1.165) is 31.1 Å². The fourth-order valence-electron chi connectivity index (χ4n) is 4.77. The van der Waals surface area contributed by atoms with Crippen molar-refractivity contribution in [2.24, 2.45) is 11.8 Å². The minimum atomic E-state index is 0.258. The van der Waals surface area contributed by atoms with Crippen molar-refractivity contribution in [3.8, 4) is 0 Å². The van der Waals surface area contributed by atoms with E-state index < -0.39 is 0 Å². The van der Waals surface area contributed by atoms with Gasteiger partial charge in [0.2, 0.25) is 0 Å². The summed E-state index contributed by atoms with van der Waals surface area (Å²) in [5.41, 5.74) is 5.21. The molecule has 1 heterocycles. The summed E-state index contributed by atoms with van der Waals surface area (Å²) in [6.07, 6.45) is 1.12. The molecule has 3 aromatic carbocycles. The summed E-state index contributed by atoms with van der Waals surface area (Å²) in [5, 5.41) is 4.44. The van der Waals surface area contributed by atoms with Gasteiger partial charge in [-0.15, -0.1) is 0 Å². The molecule has 1 N–H and O–H groups in total. The van der Waals surface area contributed by atoms with Crippen molar-refractivity contribution < 1.29 is 0 Å². The zero-order chi connectivity index (χ0) is 22.5. The Hall–Kier alpha value is -2.49. The second-order valence-corrected chi connectivity index (χ2v) is 9.60. The van der Waals surface area contributed by atoms with Crippen molar-refractivity contribution in [3.05, 3.63) is 95.0 Å². The van der Waals surface area contributed by atoms with E-state index in [-0.39, 0.29) is 6.04 Å². The molecule has 0 radical (unpaired) electrons. The molecule has 3 nitrogen and oxygen atoms in total. The molecule has 3 aromatic rings. The van der Waals surface area contributed by atoms with Gasteiger partial charge in [0.15, 0.2) is 0 Å². The topological polar surface area (TPSA) is 18.5 Å². The first-order chi connectivity index (χ1) is 15.5.